The summed E-state index contributed by atoms with van der Waals surface area (Å²) in [5.41, 5.74) is 2.38. The lowest BCUT2D eigenvalue weighted by Gasteiger charge is -2.01. The number of aromatic nitrogens is 2. The Morgan fingerprint density at radius 2 is 2.11 bits per heavy atom. The van der Waals surface area contributed by atoms with Crippen molar-refractivity contribution >= 4 is 22.9 Å². The summed E-state index contributed by atoms with van der Waals surface area (Å²) in [5, 5.41) is 4.81. The number of benzene rings is 1. The predicted molar refractivity (Wildman–Crippen MR) is 74.7 cm³/mol. The van der Waals surface area contributed by atoms with Crippen LogP contribution in [0.1, 0.15) is 15.9 Å². The molecule has 3 rings (SSSR count). The molecule has 0 atom stereocenters. The van der Waals surface area contributed by atoms with Crippen molar-refractivity contribution in [3.8, 4) is 0 Å². The average molecular weight is 271 g/mol. The van der Waals surface area contributed by atoms with E-state index in [1.807, 2.05) is 42.6 Å². The van der Waals surface area contributed by atoms with Crippen LogP contribution >= 0.6 is 11.6 Å². The topological polar surface area (TPSA) is 34.4 Å². The Kier molecular flexibility index (Phi) is 3.05. The quantitative estimate of drug-likeness (QED) is 0.684. The third-order valence-electron chi connectivity index (χ3n) is 2.98. The van der Waals surface area contributed by atoms with Crippen molar-refractivity contribution in [2.24, 2.45) is 0 Å². The SMILES string of the molecule is O=C(Cc1cccc(Cl)c1)c1cnn2ccccc12. The number of carbonyl (C=O) groups excluding carboxylic acids is 1. The smallest absolute Gasteiger partial charge is 0.171 e. The Balaban J connectivity index is 1.92. The van der Waals surface area contributed by atoms with Crippen molar-refractivity contribution in [2.75, 3.05) is 0 Å². The lowest BCUT2D eigenvalue weighted by Crippen LogP contribution is -2.03. The van der Waals surface area contributed by atoms with Crippen LogP contribution in [0.2, 0.25) is 5.02 Å². The zero-order valence-corrected chi connectivity index (χ0v) is 10.8. The molecule has 0 saturated heterocycles. The number of hydrogen-bond acceptors (Lipinski definition) is 2. The van der Waals surface area contributed by atoms with Gasteiger partial charge in [-0.2, -0.15) is 5.10 Å². The first kappa shape index (κ1) is 11.9. The van der Waals surface area contributed by atoms with Gasteiger partial charge in [-0.3, -0.25) is 4.79 Å². The van der Waals surface area contributed by atoms with E-state index in [0.717, 1.165) is 11.1 Å². The maximum atomic E-state index is 12.3. The summed E-state index contributed by atoms with van der Waals surface area (Å²) in [6.07, 6.45) is 3.77. The second kappa shape index (κ2) is 4.86. The molecular formula is C15H11ClN2O. The van der Waals surface area contributed by atoms with E-state index in [1.165, 1.54) is 0 Å². The molecule has 0 aliphatic rings. The van der Waals surface area contributed by atoms with Crippen LogP contribution in [-0.4, -0.2) is 15.4 Å². The highest BCUT2D eigenvalue weighted by Crippen LogP contribution is 2.16. The highest BCUT2D eigenvalue weighted by Gasteiger charge is 2.12. The minimum Gasteiger partial charge on any atom is -0.294 e. The van der Waals surface area contributed by atoms with Gasteiger partial charge in [0.15, 0.2) is 5.78 Å². The number of fused-ring (bicyclic) bond motifs is 1. The number of pyridine rings is 1. The Morgan fingerprint density at radius 1 is 1.21 bits per heavy atom. The number of hydrogen-bond donors (Lipinski definition) is 0. The maximum Gasteiger partial charge on any atom is 0.171 e. The normalized spacial score (nSPS) is 10.8. The van der Waals surface area contributed by atoms with Crippen molar-refractivity contribution in [3.63, 3.8) is 0 Å². The molecule has 3 aromatic rings. The lowest BCUT2D eigenvalue weighted by molar-refractivity contribution is 0.0994. The first-order valence-electron chi connectivity index (χ1n) is 5.94. The number of Topliss-reactive ketones (excluding diaryl/α,β-unsaturated/α-hetero) is 1. The van der Waals surface area contributed by atoms with Crippen LogP contribution in [0, 0.1) is 0 Å². The molecule has 19 heavy (non-hydrogen) atoms. The summed E-state index contributed by atoms with van der Waals surface area (Å²) >= 11 is 5.92. The third-order valence-corrected chi connectivity index (χ3v) is 3.22. The van der Waals surface area contributed by atoms with Crippen LogP contribution in [-0.2, 0) is 6.42 Å². The first-order valence-corrected chi connectivity index (χ1v) is 6.32. The van der Waals surface area contributed by atoms with E-state index in [1.54, 1.807) is 16.8 Å². The van der Waals surface area contributed by atoms with Crippen LogP contribution in [0.25, 0.3) is 5.52 Å². The Morgan fingerprint density at radius 3 is 2.95 bits per heavy atom. The molecule has 0 spiro atoms. The number of ketones is 1. The van der Waals surface area contributed by atoms with Crippen molar-refractivity contribution in [1.29, 1.82) is 0 Å². The van der Waals surface area contributed by atoms with Crippen LogP contribution in [0.4, 0.5) is 0 Å². The van der Waals surface area contributed by atoms with Crippen LogP contribution in [0.3, 0.4) is 0 Å². The number of nitrogens with zero attached hydrogens (tertiary/aromatic N) is 2. The lowest BCUT2D eigenvalue weighted by atomic mass is 10.0. The van der Waals surface area contributed by atoms with E-state index in [4.69, 9.17) is 11.6 Å². The fraction of sp³-hybridized carbons (Fsp3) is 0.0667. The zero-order valence-electron chi connectivity index (χ0n) is 10.1. The van der Waals surface area contributed by atoms with Gasteiger partial charge in [-0.25, -0.2) is 4.52 Å². The van der Waals surface area contributed by atoms with Gasteiger partial charge in [-0.05, 0) is 29.8 Å². The second-order valence-corrected chi connectivity index (χ2v) is 4.76. The summed E-state index contributed by atoms with van der Waals surface area (Å²) in [7, 11) is 0. The standard InChI is InChI=1S/C15H11ClN2O/c16-12-5-3-4-11(8-12)9-15(19)13-10-17-18-7-2-1-6-14(13)18/h1-8,10H,9H2. The van der Waals surface area contributed by atoms with E-state index in [0.29, 0.717) is 17.0 Å². The molecule has 0 aliphatic carbocycles. The molecule has 3 nitrogen and oxygen atoms in total. The number of halogens is 1. The van der Waals surface area contributed by atoms with Gasteiger partial charge in [0, 0.05) is 17.6 Å². The van der Waals surface area contributed by atoms with Gasteiger partial charge in [0.25, 0.3) is 0 Å². The molecule has 2 aromatic heterocycles. The van der Waals surface area contributed by atoms with Crippen LogP contribution in [0.5, 0.6) is 0 Å². The molecule has 0 unspecified atom stereocenters. The zero-order chi connectivity index (χ0) is 13.2. The molecule has 0 fully saturated rings. The Hall–Kier alpha value is -2.13. The summed E-state index contributed by atoms with van der Waals surface area (Å²) in [4.78, 5) is 12.3. The summed E-state index contributed by atoms with van der Waals surface area (Å²) in [6.45, 7) is 0. The van der Waals surface area contributed by atoms with Crippen LogP contribution < -0.4 is 0 Å². The molecule has 4 heteroatoms. The third kappa shape index (κ3) is 2.37. The molecule has 0 radical (unpaired) electrons. The van der Waals surface area contributed by atoms with Crippen molar-refractivity contribution < 1.29 is 4.79 Å². The molecule has 0 N–H and O–H groups in total. The number of carbonyl (C=O) groups is 1. The number of rotatable bonds is 3. The molecule has 0 aliphatic heterocycles. The Bertz CT molecular complexity index is 748. The minimum absolute atomic E-state index is 0.0449. The largest absolute Gasteiger partial charge is 0.294 e. The van der Waals surface area contributed by atoms with Gasteiger partial charge in [0.1, 0.15) is 0 Å². The van der Waals surface area contributed by atoms with E-state index >= 15 is 0 Å². The summed E-state index contributed by atoms with van der Waals surface area (Å²) < 4.78 is 1.70. The summed E-state index contributed by atoms with van der Waals surface area (Å²) in [5.74, 6) is 0.0449. The highest BCUT2D eigenvalue weighted by molar-refractivity contribution is 6.30. The maximum absolute atomic E-state index is 12.3. The van der Waals surface area contributed by atoms with Gasteiger partial charge < -0.3 is 0 Å². The van der Waals surface area contributed by atoms with Gasteiger partial charge in [0.2, 0.25) is 0 Å². The van der Waals surface area contributed by atoms with E-state index < -0.39 is 0 Å². The van der Waals surface area contributed by atoms with Gasteiger partial charge in [-0.1, -0.05) is 29.8 Å². The van der Waals surface area contributed by atoms with E-state index in [2.05, 4.69) is 5.10 Å². The van der Waals surface area contributed by atoms with E-state index in [9.17, 15) is 4.79 Å². The molecule has 0 bridgehead atoms. The van der Waals surface area contributed by atoms with Crippen molar-refractivity contribution in [3.05, 3.63) is 71.0 Å². The monoisotopic (exact) mass is 270 g/mol. The van der Waals surface area contributed by atoms with Crippen molar-refractivity contribution in [1.82, 2.24) is 9.61 Å². The minimum atomic E-state index is 0.0449. The molecular weight excluding hydrogens is 260 g/mol. The average Bonchev–Trinajstić information content (AvgIpc) is 2.82. The fourth-order valence-electron chi connectivity index (χ4n) is 2.08. The Labute approximate surface area is 115 Å². The molecule has 0 saturated carbocycles. The van der Waals surface area contributed by atoms with Gasteiger partial charge >= 0.3 is 0 Å². The summed E-state index contributed by atoms with van der Waals surface area (Å²) in [6, 6.07) is 13.0. The molecule has 1 aromatic carbocycles. The predicted octanol–water partition coefficient (Wildman–Crippen LogP) is 3.41. The second-order valence-electron chi connectivity index (χ2n) is 4.32. The van der Waals surface area contributed by atoms with Crippen molar-refractivity contribution in [2.45, 2.75) is 6.42 Å². The van der Waals surface area contributed by atoms with E-state index in [-0.39, 0.29) is 5.78 Å². The first-order chi connectivity index (χ1) is 9.24. The van der Waals surface area contributed by atoms with Crippen LogP contribution in [0.15, 0.2) is 54.9 Å². The fourth-order valence-corrected chi connectivity index (χ4v) is 2.29. The molecule has 94 valence electrons. The molecule has 0 amide bonds. The van der Waals surface area contributed by atoms with Gasteiger partial charge in [0.05, 0.1) is 17.3 Å². The highest BCUT2D eigenvalue weighted by atomic mass is 35.5. The molecule has 2 heterocycles. The van der Waals surface area contributed by atoms with Gasteiger partial charge in [-0.15, -0.1) is 0 Å².